The summed E-state index contributed by atoms with van der Waals surface area (Å²) in [5.41, 5.74) is 4.36. The summed E-state index contributed by atoms with van der Waals surface area (Å²) in [6.45, 7) is 7.87. The number of carbonyl (C=O) groups excluding carboxylic acids is 3. The van der Waals surface area contributed by atoms with Crippen LogP contribution in [-0.2, 0) is 17.6 Å². The number of aromatic amines is 1. The van der Waals surface area contributed by atoms with E-state index >= 15 is 0 Å². The molecule has 1 fully saturated rings. The summed E-state index contributed by atoms with van der Waals surface area (Å²) >= 11 is 0. The van der Waals surface area contributed by atoms with Gasteiger partial charge < -0.3 is 15.6 Å². The standard InChI is InChI=1S/C28H34N4O3/c1-5-19-12-18(15-29)9-10-20(19)31-26(34)21(11-8-17-6-7-17)32-27(35)25-16(2)24-22(30-25)13-28(3,4)14-23(24)33/h9-10,12,17,21,30H,5-8,11,13-14H2,1-4H3,(H,31,34)(H,32,35). The maximum absolute atomic E-state index is 13.3. The van der Waals surface area contributed by atoms with Gasteiger partial charge in [0, 0.05) is 23.4 Å². The van der Waals surface area contributed by atoms with Crippen LogP contribution in [0, 0.1) is 29.6 Å². The molecule has 4 rings (SSSR count). The number of aryl methyl sites for hydroxylation is 1. The van der Waals surface area contributed by atoms with Crippen LogP contribution in [0.5, 0.6) is 0 Å². The van der Waals surface area contributed by atoms with Crippen molar-refractivity contribution in [3.05, 3.63) is 51.8 Å². The van der Waals surface area contributed by atoms with E-state index in [1.165, 1.54) is 0 Å². The zero-order valence-electron chi connectivity index (χ0n) is 21.0. The van der Waals surface area contributed by atoms with Crippen LogP contribution in [-0.4, -0.2) is 28.6 Å². The SMILES string of the molecule is CCc1cc(C#N)ccc1NC(=O)C(CCC1CC1)NC(=O)c1[nH]c2c(c1C)C(=O)CC(C)(C)C2. The number of nitriles is 1. The van der Waals surface area contributed by atoms with E-state index in [4.69, 9.17) is 0 Å². The van der Waals surface area contributed by atoms with Gasteiger partial charge in [0.25, 0.3) is 5.91 Å². The summed E-state index contributed by atoms with van der Waals surface area (Å²) in [4.78, 5) is 42.6. The van der Waals surface area contributed by atoms with Gasteiger partial charge in [-0.3, -0.25) is 14.4 Å². The zero-order valence-corrected chi connectivity index (χ0v) is 21.0. The molecule has 1 saturated carbocycles. The second-order valence-corrected chi connectivity index (χ2v) is 10.8. The fourth-order valence-electron chi connectivity index (χ4n) is 5.07. The molecule has 2 aliphatic carbocycles. The van der Waals surface area contributed by atoms with Crippen LogP contribution in [0.25, 0.3) is 0 Å². The van der Waals surface area contributed by atoms with E-state index in [-0.39, 0.29) is 23.0 Å². The third-order valence-electron chi connectivity index (χ3n) is 7.18. The highest BCUT2D eigenvalue weighted by atomic mass is 16.2. The van der Waals surface area contributed by atoms with Gasteiger partial charge >= 0.3 is 0 Å². The maximum Gasteiger partial charge on any atom is 0.268 e. The lowest BCUT2D eigenvalue weighted by Gasteiger charge is -2.28. The average Bonchev–Trinajstić information content (AvgIpc) is 3.57. The molecule has 1 unspecified atom stereocenters. The van der Waals surface area contributed by atoms with Crippen LogP contribution < -0.4 is 10.6 Å². The number of rotatable bonds is 8. The van der Waals surface area contributed by atoms with Crippen LogP contribution >= 0.6 is 0 Å². The summed E-state index contributed by atoms with van der Waals surface area (Å²) in [7, 11) is 0. The van der Waals surface area contributed by atoms with Crippen molar-refractivity contribution in [3.8, 4) is 6.07 Å². The molecule has 2 aromatic rings. The first kappa shape index (κ1) is 24.7. The second kappa shape index (κ2) is 9.69. The normalized spacial score (nSPS) is 17.3. The van der Waals surface area contributed by atoms with Crippen molar-refractivity contribution >= 4 is 23.3 Å². The Labute approximate surface area is 206 Å². The second-order valence-electron chi connectivity index (χ2n) is 10.8. The van der Waals surface area contributed by atoms with Crippen LogP contribution in [0.2, 0.25) is 0 Å². The maximum atomic E-state index is 13.3. The number of ketones is 1. The Balaban J connectivity index is 1.54. The molecular formula is C28H34N4O3. The van der Waals surface area contributed by atoms with Gasteiger partial charge in [-0.15, -0.1) is 0 Å². The van der Waals surface area contributed by atoms with Crippen molar-refractivity contribution in [1.29, 1.82) is 5.26 Å². The number of hydrogen-bond donors (Lipinski definition) is 3. The third kappa shape index (κ3) is 5.48. The molecular weight excluding hydrogens is 440 g/mol. The summed E-state index contributed by atoms with van der Waals surface area (Å²) in [6, 6.07) is 6.62. The molecule has 2 aliphatic rings. The summed E-state index contributed by atoms with van der Waals surface area (Å²) < 4.78 is 0. The molecule has 0 spiro atoms. The molecule has 1 atom stereocenters. The number of hydrogen-bond acceptors (Lipinski definition) is 4. The van der Waals surface area contributed by atoms with Crippen LogP contribution in [0.3, 0.4) is 0 Å². The minimum atomic E-state index is -0.699. The first-order valence-electron chi connectivity index (χ1n) is 12.5. The summed E-state index contributed by atoms with van der Waals surface area (Å²) in [5.74, 6) is 0.0290. The average molecular weight is 475 g/mol. The number of H-pyrrole nitrogens is 1. The fourth-order valence-corrected chi connectivity index (χ4v) is 5.07. The molecule has 0 radical (unpaired) electrons. The molecule has 0 bridgehead atoms. The zero-order chi connectivity index (χ0) is 25.3. The molecule has 184 valence electrons. The first-order chi connectivity index (χ1) is 16.6. The Morgan fingerprint density at radius 1 is 1.26 bits per heavy atom. The lowest BCUT2D eigenvalue weighted by Crippen LogP contribution is -2.44. The molecule has 3 N–H and O–H groups in total. The molecule has 1 heterocycles. The lowest BCUT2D eigenvalue weighted by atomic mass is 9.75. The summed E-state index contributed by atoms with van der Waals surface area (Å²) in [6.07, 6.45) is 5.58. The van der Waals surface area contributed by atoms with E-state index in [2.05, 4.69) is 35.5 Å². The van der Waals surface area contributed by atoms with Crippen molar-refractivity contribution in [1.82, 2.24) is 10.3 Å². The van der Waals surface area contributed by atoms with Gasteiger partial charge in [-0.1, -0.05) is 33.6 Å². The molecule has 1 aromatic heterocycles. The molecule has 7 heteroatoms. The topological polar surface area (TPSA) is 115 Å². The molecule has 2 amide bonds. The number of fused-ring (bicyclic) bond motifs is 1. The lowest BCUT2D eigenvalue weighted by molar-refractivity contribution is -0.118. The van der Waals surface area contributed by atoms with Crippen molar-refractivity contribution in [2.75, 3.05) is 5.32 Å². The van der Waals surface area contributed by atoms with Crippen molar-refractivity contribution in [2.24, 2.45) is 11.3 Å². The predicted molar refractivity (Wildman–Crippen MR) is 134 cm³/mol. The predicted octanol–water partition coefficient (Wildman–Crippen LogP) is 4.84. The van der Waals surface area contributed by atoms with Gasteiger partial charge in [0.1, 0.15) is 11.7 Å². The van der Waals surface area contributed by atoms with Gasteiger partial charge in [0.05, 0.1) is 11.6 Å². The number of Topliss-reactive ketones (excluding diaryl/α,β-unsaturated/α-hetero) is 1. The highest BCUT2D eigenvalue weighted by Crippen LogP contribution is 2.37. The van der Waals surface area contributed by atoms with E-state index in [0.29, 0.717) is 59.7 Å². The van der Waals surface area contributed by atoms with Gasteiger partial charge in [-0.25, -0.2) is 0 Å². The minimum Gasteiger partial charge on any atom is -0.354 e. The molecule has 7 nitrogen and oxygen atoms in total. The minimum absolute atomic E-state index is 0.0555. The van der Waals surface area contributed by atoms with E-state index in [1.54, 1.807) is 25.1 Å². The number of nitrogens with zero attached hydrogens (tertiary/aromatic N) is 1. The number of nitrogens with one attached hydrogen (secondary N) is 3. The monoisotopic (exact) mass is 474 g/mol. The van der Waals surface area contributed by atoms with Crippen LogP contribution in [0.4, 0.5) is 5.69 Å². The first-order valence-corrected chi connectivity index (χ1v) is 12.5. The van der Waals surface area contributed by atoms with E-state index in [0.717, 1.165) is 30.5 Å². The van der Waals surface area contributed by atoms with E-state index in [1.807, 2.05) is 6.92 Å². The fraction of sp³-hybridized carbons (Fsp3) is 0.500. The number of aromatic nitrogens is 1. The Morgan fingerprint density at radius 3 is 2.66 bits per heavy atom. The van der Waals surface area contributed by atoms with Crippen LogP contribution in [0.1, 0.15) is 96.1 Å². The smallest absolute Gasteiger partial charge is 0.268 e. The number of amides is 2. The quantitative estimate of drug-likeness (QED) is 0.508. The number of benzene rings is 1. The van der Waals surface area contributed by atoms with Gasteiger partial charge in [-0.2, -0.15) is 5.26 Å². The number of carbonyl (C=O) groups is 3. The van der Waals surface area contributed by atoms with Gasteiger partial charge in [-0.05, 0) is 73.3 Å². The van der Waals surface area contributed by atoms with Crippen molar-refractivity contribution in [2.45, 2.75) is 78.7 Å². The van der Waals surface area contributed by atoms with E-state index < -0.39 is 6.04 Å². The largest absolute Gasteiger partial charge is 0.354 e. The Bertz CT molecular complexity index is 1210. The summed E-state index contributed by atoms with van der Waals surface area (Å²) in [5, 5.41) is 15.1. The Kier molecular flexibility index (Phi) is 6.84. The van der Waals surface area contributed by atoms with Crippen molar-refractivity contribution in [3.63, 3.8) is 0 Å². The highest BCUT2D eigenvalue weighted by Gasteiger charge is 2.36. The van der Waals surface area contributed by atoms with Gasteiger partial charge in [0.15, 0.2) is 5.78 Å². The third-order valence-corrected chi connectivity index (χ3v) is 7.18. The van der Waals surface area contributed by atoms with Gasteiger partial charge in [0.2, 0.25) is 5.91 Å². The van der Waals surface area contributed by atoms with Crippen LogP contribution in [0.15, 0.2) is 18.2 Å². The number of anilines is 1. The molecule has 1 aromatic carbocycles. The highest BCUT2D eigenvalue weighted by molar-refractivity contribution is 6.06. The Morgan fingerprint density at radius 2 is 2.00 bits per heavy atom. The van der Waals surface area contributed by atoms with Crippen molar-refractivity contribution < 1.29 is 14.4 Å². The molecule has 0 aliphatic heterocycles. The van der Waals surface area contributed by atoms with E-state index in [9.17, 15) is 19.6 Å². The molecule has 0 saturated heterocycles. The Hall–Kier alpha value is -3.40. The molecule has 35 heavy (non-hydrogen) atoms.